The third-order valence-electron chi connectivity index (χ3n) is 3.42. The summed E-state index contributed by atoms with van der Waals surface area (Å²) in [6.45, 7) is 0. The Morgan fingerprint density at radius 3 is 2.48 bits per heavy atom. The number of nitrogens with zero attached hydrogens (tertiary/aromatic N) is 1. The molecule has 2 aromatic carbocycles. The van der Waals surface area contributed by atoms with E-state index in [1.165, 1.54) is 0 Å². The van der Waals surface area contributed by atoms with Crippen LogP contribution in [0.1, 0.15) is 16.1 Å². The zero-order valence-corrected chi connectivity index (χ0v) is 13.2. The van der Waals surface area contributed by atoms with Crippen molar-refractivity contribution in [3.63, 3.8) is 0 Å². The van der Waals surface area contributed by atoms with E-state index in [-0.39, 0.29) is 0 Å². The Hall–Kier alpha value is -2.59. The highest BCUT2D eigenvalue weighted by molar-refractivity contribution is 7.98. The largest absolute Gasteiger partial charge is 0.478 e. The van der Waals surface area contributed by atoms with E-state index in [0.717, 1.165) is 27.5 Å². The molecule has 0 bridgehead atoms. The average Bonchev–Trinajstić information content (AvgIpc) is 2.61. The molecule has 114 valence electrons. The molecule has 0 saturated carbocycles. The zero-order valence-electron chi connectivity index (χ0n) is 12.3. The summed E-state index contributed by atoms with van der Waals surface area (Å²) < 4.78 is 0. The Labute approximate surface area is 139 Å². The molecule has 3 rings (SSSR count). The van der Waals surface area contributed by atoms with Crippen molar-refractivity contribution in [1.82, 2.24) is 4.98 Å². The lowest BCUT2D eigenvalue weighted by Crippen LogP contribution is -1.99. The summed E-state index contributed by atoms with van der Waals surface area (Å²) in [6, 6.07) is 20.9. The minimum absolute atomic E-state index is 0.318. The maximum absolute atomic E-state index is 11.5. The summed E-state index contributed by atoms with van der Waals surface area (Å²) in [5, 5.41) is 9.41. The predicted molar refractivity (Wildman–Crippen MR) is 92.6 cm³/mol. The van der Waals surface area contributed by atoms with Gasteiger partial charge in [-0.25, -0.2) is 4.79 Å². The number of carbonyl (C=O) groups is 1. The first kappa shape index (κ1) is 15.3. The lowest BCUT2D eigenvalue weighted by Gasteiger charge is -2.09. The van der Waals surface area contributed by atoms with Crippen molar-refractivity contribution in [2.45, 2.75) is 10.6 Å². The second kappa shape index (κ2) is 7.11. The highest BCUT2D eigenvalue weighted by Crippen LogP contribution is 2.30. The molecule has 0 aliphatic rings. The first-order chi connectivity index (χ1) is 11.2. The number of rotatable bonds is 5. The summed E-state index contributed by atoms with van der Waals surface area (Å²) >= 11 is 1.65. The van der Waals surface area contributed by atoms with Crippen LogP contribution in [-0.4, -0.2) is 16.1 Å². The zero-order chi connectivity index (χ0) is 16.1. The smallest absolute Gasteiger partial charge is 0.336 e. The molecule has 23 heavy (non-hydrogen) atoms. The molecule has 1 heterocycles. The molecule has 0 unspecified atom stereocenters. The highest BCUT2D eigenvalue weighted by Gasteiger charge is 2.12. The molecule has 0 radical (unpaired) electrons. The molecule has 0 saturated heterocycles. The second-order valence-electron chi connectivity index (χ2n) is 4.99. The fourth-order valence-corrected chi connectivity index (χ4v) is 3.15. The Balaban J connectivity index is 1.90. The van der Waals surface area contributed by atoms with Crippen molar-refractivity contribution in [1.29, 1.82) is 0 Å². The maximum atomic E-state index is 11.5. The van der Waals surface area contributed by atoms with E-state index in [1.807, 2.05) is 60.7 Å². The lowest BCUT2D eigenvalue weighted by atomic mass is 10.00. The van der Waals surface area contributed by atoms with Gasteiger partial charge in [0.25, 0.3) is 0 Å². The normalized spacial score (nSPS) is 10.4. The van der Waals surface area contributed by atoms with Gasteiger partial charge in [0.15, 0.2) is 0 Å². The monoisotopic (exact) mass is 321 g/mol. The van der Waals surface area contributed by atoms with E-state index in [0.29, 0.717) is 5.56 Å². The molecule has 0 aliphatic heterocycles. The first-order valence-corrected chi connectivity index (χ1v) is 8.18. The SMILES string of the molecule is O=C(O)c1ccc(SCc2ccccn2)cc1-c1ccccc1. The van der Waals surface area contributed by atoms with Gasteiger partial charge in [-0.3, -0.25) is 4.98 Å². The minimum Gasteiger partial charge on any atom is -0.478 e. The Morgan fingerprint density at radius 1 is 1.00 bits per heavy atom. The molecular formula is C19H15NO2S. The van der Waals surface area contributed by atoms with Gasteiger partial charge in [0.1, 0.15) is 0 Å². The van der Waals surface area contributed by atoms with Crippen molar-refractivity contribution < 1.29 is 9.90 Å². The van der Waals surface area contributed by atoms with Gasteiger partial charge >= 0.3 is 5.97 Å². The molecule has 3 aromatic rings. The molecule has 0 atom stereocenters. The van der Waals surface area contributed by atoms with Crippen molar-refractivity contribution in [2.24, 2.45) is 0 Å². The van der Waals surface area contributed by atoms with Gasteiger partial charge < -0.3 is 5.11 Å². The quantitative estimate of drug-likeness (QED) is 0.690. The van der Waals surface area contributed by atoms with Gasteiger partial charge in [-0.1, -0.05) is 36.4 Å². The molecule has 0 spiro atoms. The fourth-order valence-electron chi connectivity index (χ4n) is 2.30. The Bertz CT molecular complexity index is 804. The summed E-state index contributed by atoms with van der Waals surface area (Å²) in [5.74, 6) is -0.160. The number of carboxylic acids is 1. The van der Waals surface area contributed by atoms with Crippen molar-refractivity contribution in [3.8, 4) is 11.1 Å². The third-order valence-corrected chi connectivity index (χ3v) is 4.45. The van der Waals surface area contributed by atoms with Crippen LogP contribution >= 0.6 is 11.8 Å². The van der Waals surface area contributed by atoms with Gasteiger partial charge in [-0.05, 0) is 41.5 Å². The number of carboxylic acid groups (broad SMARTS) is 1. The van der Waals surface area contributed by atoms with Crippen molar-refractivity contribution in [2.75, 3.05) is 0 Å². The van der Waals surface area contributed by atoms with Crippen LogP contribution in [0.2, 0.25) is 0 Å². The summed E-state index contributed by atoms with van der Waals surface area (Å²) in [7, 11) is 0. The summed E-state index contributed by atoms with van der Waals surface area (Å²) in [5.41, 5.74) is 2.97. The van der Waals surface area contributed by atoms with E-state index >= 15 is 0 Å². The molecule has 0 amide bonds. The van der Waals surface area contributed by atoms with Crippen molar-refractivity contribution >= 4 is 17.7 Å². The van der Waals surface area contributed by atoms with E-state index in [2.05, 4.69) is 4.98 Å². The van der Waals surface area contributed by atoms with Gasteiger partial charge in [-0.2, -0.15) is 0 Å². The van der Waals surface area contributed by atoms with Crippen LogP contribution in [0, 0.1) is 0 Å². The van der Waals surface area contributed by atoms with E-state index in [4.69, 9.17) is 0 Å². The molecule has 0 fully saturated rings. The van der Waals surface area contributed by atoms with Gasteiger partial charge in [0.05, 0.1) is 11.3 Å². The molecule has 3 nitrogen and oxygen atoms in total. The minimum atomic E-state index is -0.912. The number of hydrogen-bond acceptors (Lipinski definition) is 3. The molecule has 4 heteroatoms. The molecule has 1 N–H and O–H groups in total. The lowest BCUT2D eigenvalue weighted by molar-refractivity contribution is 0.0697. The topological polar surface area (TPSA) is 50.2 Å². The van der Waals surface area contributed by atoms with Crippen LogP contribution in [0.5, 0.6) is 0 Å². The molecular weight excluding hydrogens is 306 g/mol. The average molecular weight is 321 g/mol. The van der Waals surface area contributed by atoms with Crippen LogP contribution < -0.4 is 0 Å². The Morgan fingerprint density at radius 2 is 1.78 bits per heavy atom. The third kappa shape index (κ3) is 3.79. The fraction of sp³-hybridized carbons (Fsp3) is 0.0526. The van der Waals surface area contributed by atoms with Crippen molar-refractivity contribution in [3.05, 3.63) is 84.2 Å². The molecule has 0 aliphatic carbocycles. The highest BCUT2D eigenvalue weighted by atomic mass is 32.2. The first-order valence-electron chi connectivity index (χ1n) is 7.19. The number of hydrogen-bond donors (Lipinski definition) is 1. The number of aromatic carboxylic acids is 1. The predicted octanol–water partition coefficient (Wildman–Crippen LogP) is 4.74. The van der Waals surface area contributed by atoms with Crippen LogP contribution in [0.4, 0.5) is 0 Å². The van der Waals surface area contributed by atoms with Crippen LogP contribution in [0.3, 0.4) is 0 Å². The van der Waals surface area contributed by atoms with Crippen LogP contribution in [-0.2, 0) is 5.75 Å². The maximum Gasteiger partial charge on any atom is 0.336 e. The molecule has 1 aromatic heterocycles. The Kier molecular flexibility index (Phi) is 4.74. The van der Waals surface area contributed by atoms with E-state index in [1.54, 1.807) is 24.0 Å². The number of thioether (sulfide) groups is 1. The van der Waals surface area contributed by atoms with Crippen LogP contribution in [0.15, 0.2) is 77.8 Å². The van der Waals surface area contributed by atoms with Gasteiger partial charge in [0.2, 0.25) is 0 Å². The van der Waals surface area contributed by atoms with E-state index < -0.39 is 5.97 Å². The summed E-state index contributed by atoms with van der Waals surface area (Å²) in [6.07, 6.45) is 1.78. The second-order valence-corrected chi connectivity index (χ2v) is 6.04. The standard InChI is InChI=1S/C19H15NO2S/c21-19(22)17-10-9-16(23-13-15-8-4-5-11-20-15)12-18(17)14-6-2-1-3-7-14/h1-12H,13H2,(H,21,22). The number of benzene rings is 2. The number of pyridine rings is 1. The van der Waals surface area contributed by atoms with Gasteiger partial charge in [0, 0.05) is 16.8 Å². The van der Waals surface area contributed by atoms with E-state index in [9.17, 15) is 9.90 Å². The number of aromatic nitrogens is 1. The summed E-state index contributed by atoms with van der Waals surface area (Å²) in [4.78, 5) is 16.8. The van der Waals surface area contributed by atoms with Crippen LogP contribution in [0.25, 0.3) is 11.1 Å². The van der Waals surface area contributed by atoms with Gasteiger partial charge in [-0.15, -0.1) is 11.8 Å².